The maximum Gasteiger partial charge on any atom is 0.358 e. The summed E-state index contributed by atoms with van der Waals surface area (Å²) in [6.45, 7) is 7.60. The van der Waals surface area contributed by atoms with E-state index in [1.165, 1.54) is 18.3 Å². The molecule has 7 heteroatoms. The van der Waals surface area contributed by atoms with Crippen molar-refractivity contribution in [2.24, 2.45) is 0 Å². The van der Waals surface area contributed by atoms with Crippen molar-refractivity contribution in [2.75, 3.05) is 17.2 Å². The van der Waals surface area contributed by atoms with Crippen LogP contribution in [0.1, 0.15) is 23.0 Å². The Morgan fingerprint density at radius 1 is 1.46 bits per heavy atom. The monoisotopic (exact) mass is 345 g/mol. The van der Waals surface area contributed by atoms with Gasteiger partial charge in [-0.15, -0.1) is 17.9 Å². The molecular formula is C17H19N3O3S. The number of thiazole rings is 1. The van der Waals surface area contributed by atoms with E-state index in [9.17, 15) is 9.59 Å². The van der Waals surface area contributed by atoms with Gasteiger partial charge in [0.05, 0.1) is 0 Å². The first-order valence-corrected chi connectivity index (χ1v) is 8.26. The molecule has 126 valence electrons. The lowest BCUT2D eigenvalue weighted by atomic mass is 10.2. The SMILES string of the molecule is C=CCNc1nc(C(=O)O[C@@H](C)C(=O)Nc2cccc(C)c2)cs1. The van der Waals surface area contributed by atoms with E-state index in [0.29, 0.717) is 17.4 Å². The van der Waals surface area contributed by atoms with E-state index in [-0.39, 0.29) is 5.69 Å². The van der Waals surface area contributed by atoms with E-state index < -0.39 is 18.0 Å². The fourth-order valence-corrected chi connectivity index (χ4v) is 2.54. The maximum absolute atomic E-state index is 12.1. The zero-order chi connectivity index (χ0) is 17.5. The molecule has 0 spiro atoms. The van der Waals surface area contributed by atoms with Crippen LogP contribution in [0.4, 0.5) is 10.8 Å². The first kappa shape index (κ1) is 17.7. The Morgan fingerprint density at radius 2 is 2.25 bits per heavy atom. The van der Waals surface area contributed by atoms with Crippen LogP contribution in [0.25, 0.3) is 0 Å². The summed E-state index contributed by atoms with van der Waals surface area (Å²) < 4.78 is 5.16. The van der Waals surface area contributed by atoms with Crippen LogP contribution in [0.5, 0.6) is 0 Å². The Morgan fingerprint density at radius 3 is 2.96 bits per heavy atom. The second kappa shape index (κ2) is 8.26. The van der Waals surface area contributed by atoms with E-state index >= 15 is 0 Å². The smallest absolute Gasteiger partial charge is 0.358 e. The Bertz CT molecular complexity index is 742. The van der Waals surface area contributed by atoms with Crippen molar-refractivity contribution < 1.29 is 14.3 Å². The number of aryl methyl sites for hydroxylation is 1. The number of carbonyl (C=O) groups excluding carboxylic acids is 2. The molecule has 1 atom stereocenters. The van der Waals surface area contributed by atoms with Crippen LogP contribution in [-0.4, -0.2) is 29.5 Å². The molecule has 1 aromatic carbocycles. The third-order valence-corrected chi connectivity index (χ3v) is 3.85. The highest BCUT2D eigenvalue weighted by molar-refractivity contribution is 7.13. The number of anilines is 2. The van der Waals surface area contributed by atoms with Crippen LogP contribution in [0.2, 0.25) is 0 Å². The van der Waals surface area contributed by atoms with E-state index in [2.05, 4.69) is 22.2 Å². The number of aromatic nitrogens is 1. The summed E-state index contributed by atoms with van der Waals surface area (Å²) in [5, 5.41) is 7.88. The van der Waals surface area contributed by atoms with Gasteiger partial charge >= 0.3 is 5.97 Å². The van der Waals surface area contributed by atoms with Crippen molar-refractivity contribution in [2.45, 2.75) is 20.0 Å². The number of rotatable bonds is 7. The van der Waals surface area contributed by atoms with Crippen LogP contribution in [0.3, 0.4) is 0 Å². The minimum atomic E-state index is -0.927. The molecule has 0 saturated carbocycles. The van der Waals surface area contributed by atoms with Crippen molar-refractivity contribution in [3.05, 3.63) is 53.6 Å². The van der Waals surface area contributed by atoms with Crippen molar-refractivity contribution in [1.82, 2.24) is 4.98 Å². The summed E-state index contributed by atoms with van der Waals surface area (Å²) in [4.78, 5) is 28.3. The zero-order valence-corrected chi connectivity index (χ0v) is 14.4. The number of benzene rings is 1. The Labute approximate surface area is 144 Å². The largest absolute Gasteiger partial charge is 0.448 e. The minimum absolute atomic E-state index is 0.168. The van der Waals surface area contributed by atoms with E-state index in [4.69, 9.17) is 4.74 Å². The summed E-state index contributed by atoms with van der Waals surface area (Å²) >= 11 is 1.29. The third kappa shape index (κ3) is 4.92. The Balaban J connectivity index is 1.91. The van der Waals surface area contributed by atoms with Gasteiger partial charge in [-0.25, -0.2) is 9.78 Å². The highest BCUT2D eigenvalue weighted by Crippen LogP contribution is 2.17. The van der Waals surface area contributed by atoms with Crippen molar-refractivity contribution in [1.29, 1.82) is 0 Å². The van der Waals surface area contributed by atoms with Crippen molar-refractivity contribution in [3.63, 3.8) is 0 Å². The van der Waals surface area contributed by atoms with E-state index in [1.807, 2.05) is 25.1 Å². The summed E-state index contributed by atoms with van der Waals surface area (Å²) in [7, 11) is 0. The van der Waals surface area contributed by atoms with Gasteiger partial charge in [0.25, 0.3) is 5.91 Å². The fourth-order valence-electron chi connectivity index (χ4n) is 1.85. The molecule has 6 nitrogen and oxygen atoms in total. The minimum Gasteiger partial charge on any atom is -0.448 e. The van der Waals surface area contributed by atoms with Gasteiger partial charge in [0.15, 0.2) is 16.9 Å². The summed E-state index contributed by atoms with van der Waals surface area (Å²) in [5.41, 5.74) is 1.86. The van der Waals surface area contributed by atoms with Gasteiger partial charge < -0.3 is 15.4 Å². The van der Waals surface area contributed by atoms with Gasteiger partial charge in [0.1, 0.15) is 0 Å². The van der Waals surface area contributed by atoms with Crippen molar-refractivity contribution in [3.8, 4) is 0 Å². The second-order valence-corrected chi connectivity index (χ2v) is 5.97. The number of amides is 1. The number of hydrogen-bond donors (Lipinski definition) is 2. The number of nitrogens with one attached hydrogen (secondary N) is 2. The molecule has 0 saturated heterocycles. The fraction of sp³-hybridized carbons (Fsp3) is 0.235. The molecule has 2 N–H and O–H groups in total. The zero-order valence-electron chi connectivity index (χ0n) is 13.5. The molecule has 0 radical (unpaired) electrons. The first-order chi connectivity index (χ1) is 11.5. The average molecular weight is 345 g/mol. The van der Waals surface area contributed by atoms with E-state index in [0.717, 1.165) is 5.56 Å². The molecule has 0 fully saturated rings. The van der Waals surface area contributed by atoms with Gasteiger partial charge in [-0.05, 0) is 31.5 Å². The van der Waals surface area contributed by atoms with E-state index in [1.54, 1.807) is 17.5 Å². The Hall–Kier alpha value is -2.67. The topological polar surface area (TPSA) is 80.3 Å². The second-order valence-electron chi connectivity index (χ2n) is 5.11. The number of ether oxygens (including phenoxy) is 1. The predicted molar refractivity (Wildman–Crippen MR) is 95.5 cm³/mol. The number of hydrogen-bond acceptors (Lipinski definition) is 6. The summed E-state index contributed by atoms with van der Waals surface area (Å²) in [6, 6.07) is 7.38. The van der Waals surface area contributed by atoms with Crippen LogP contribution in [0.15, 0.2) is 42.3 Å². The van der Waals surface area contributed by atoms with Gasteiger partial charge in [-0.1, -0.05) is 18.2 Å². The van der Waals surface area contributed by atoms with Gasteiger partial charge in [0.2, 0.25) is 0 Å². The van der Waals surface area contributed by atoms with Crippen LogP contribution in [0, 0.1) is 6.92 Å². The maximum atomic E-state index is 12.1. The molecule has 1 aromatic heterocycles. The average Bonchev–Trinajstić information content (AvgIpc) is 3.01. The lowest BCUT2D eigenvalue weighted by molar-refractivity contribution is -0.123. The molecule has 24 heavy (non-hydrogen) atoms. The molecule has 0 aliphatic carbocycles. The lowest BCUT2D eigenvalue weighted by Gasteiger charge is -2.13. The molecule has 0 aliphatic rings. The molecular weight excluding hydrogens is 326 g/mol. The molecule has 1 heterocycles. The van der Waals surface area contributed by atoms with Gasteiger partial charge in [-0.2, -0.15) is 0 Å². The van der Waals surface area contributed by atoms with Gasteiger partial charge in [-0.3, -0.25) is 4.79 Å². The van der Waals surface area contributed by atoms with Gasteiger partial charge in [0, 0.05) is 17.6 Å². The molecule has 0 bridgehead atoms. The third-order valence-electron chi connectivity index (χ3n) is 3.05. The lowest BCUT2D eigenvalue weighted by Crippen LogP contribution is -2.30. The van der Waals surface area contributed by atoms with Crippen LogP contribution in [-0.2, 0) is 9.53 Å². The van der Waals surface area contributed by atoms with Crippen LogP contribution >= 0.6 is 11.3 Å². The van der Waals surface area contributed by atoms with Crippen molar-refractivity contribution >= 4 is 34.0 Å². The normalized spacial score (nSPS) is 11.4. The number of carbonyl (C=O) groups is 2. The molecule has 1 amide bonds. The molecule has 0 aliphatic heterocycles. The number of nitrogens with zero attached hydrogens (tertiary/aromatic N) is 1. The molecule has 0 unspecified atom stereocenters. The molecule has 2 rings (SSSR count). The summed E-state index contributed by atoms with van der Waals surface area (Å²) in [5.74, 6) is -1.03. The Kier molecular flexibility index (Phi) is 6.08. The highest BCUT2D eigenvalue weighted by atomic mass is 32.1. The number of esters is 1. The molecule has 2 aromatic rings. The standard InChI is InChI=1S/C17H19N3O3S/c1-4-8-18-17-20-14(10-24-17)16(22)23-12(3)15(21)19-13-7-5-6-11(2)9-13/h4-7,9-10,12H,1,8H2,2-3H3,(H,18,20)(H,19,21)/t12-/m0/s1. The quantitative estimate of drug-likeness (QED) is 0.595. The van der Waals surface area contributed by atoms with Crippen LogP contribution < -0.4 is 10.6 Å². The predicted octanol–water partition coefficient (Wildman–Crippen LogP) is 3.23. The first-order valence-electron chi connectivity index (χ1n) is 7.38. The highest BCUT2D eigenvalue weighted by Gasteiger charge is 2.21. The summed E-state index contributed by atoms with van der Waals surface area (Å²) in [6.07, 6.45) is 0.765.